The first-order chi connectivity index (χ1) is 15.1. The predicted octanol–water partition coefficient (Wildman–Crippen LogP) is 4.94. The van der Waals surface area contributed by atoms with E-state index < -0.39 is 0 Å². The Kier molecular flexibility index (Phi) is 8.26. The lowest BCUT2D eigenvalue weighted by Gasteiger charge is -2.11. The van der Waals surface area contributed by atoms with Gasteiger partial charge in [0.15, 0.2) is 0 Å². The van der Waals surface area contributed by atoms with Gasteiger partial charge in [0.2, 0.25) is 5.13 Å². The van der Waals surface area contributed by atoms with Gasteiger partial charge in [0.05, 0.1) is 32.0 Å². The number of anilines is 1. The number of aromatic nitrogens is 1. The first kappa shape index (κ1) is 22.6. The fraction of sp³-hybridized carbons (Fsp3) is 0.227. The normalized spacial score (nSPS) is 10.8. The summed E-state index contributed by atoms with van der Waals surface area (Å²) in [5, 5.41) is 7.27. The van der Waals surface area contributed by atoms with E-state index in [0.717, 1.165) is 22.6 Å². The van der Waals surface area contributed by atoms with Crippen molar-refractivity contribution in [3.63, 3.8) is 0 Å². The molecule has 1 aromatic heterocycles. The second-order valence-electron chi connectivity index (χ2n) is 6.31. The fourth-order valence-corrected chi connectivity index (χ4v) is 3.43. The minimum absolute atomic E-state index is 0.144. The average Bonchev–Trinajstić information content (AvgIpc) is 3.20. The van der Waals surface area contributed by atoms with Crippen molar-refractivity contribution >= 4 is 40.3 Å². The zero-order valence-electron chi connectivity index (χ0n) is 17.1. The number of halogens is 1. The Morgan fingerprint density at radius 3 is 2.81 bits per heavy atom. The summed E-state index contributed by atoms with van der Waals surface area (Å²) < 4.78 is 16.2. The quantitative estimate of drug-likeness (QED) is 0.263. The van der Waals surface area contributed by atoms with Crippen LogP contribution in [-0.4, -0.2) is 30.9 Å². The predicted molar refractivity (Wildman–Crippen MR) is 122 cm³/mol. The van der Waals surface area contributed by atoms with Crippen molar-refractivity contribution in [1.29, 1.82) is 0 Å². The summed E-state index contributed by atoms with van der Waals surface area (Å²) >= 11 is 7.27. The highest BCUT2D eigenvalue weighted by Crippen LogP contribution is 2.23. The van der Waals surface area contributed by atoms with Crippen LogP contribution in [0.2, 0.25) is 5.02 Å². The minimum Gasteiger partial charge on any atom is -0.496 e. The Morgan fingerprint density at radius 1 is 1.26 bits per heavy atom. The van der Waals surface area contributed by atoms with Gasteiger partial charge in [-0.25, -0.2) is 4.98 Å². The number of carbonyl (C=O) groups is 1. The molecule has 1 N–H and O–H groups in total. The van der Waals surface area contributed by atoms with Gasteiger partial charge in [0.1, 0.15) is 18.1 Å². The van der Waals surface area contributed by atoms with Crippen LogP contribution < -0.4 is 14.9 Å². The molecule has 3 rings (SSSR count). The van der Waals surface area contributed by atoms with Gasteiger partial charge in [0, 0.05) is 16.0 Å². The molecule has 2 aromatic carbocycles. The van der Waals surface area contributed by atoms with Gasteiger partial charge in [-0.3, -0.25) is 10.2 Å². The molecule has 0 saturated heterocycles. The van der Waals surface area contributed by atoms with Crippen molar-refractivity contribution in [2.45, 2.75) is 20.0 Å². The van der Waals surface area contributed by atoms with Crippen LogP contribution in [0.25, 0.3) is 0 Å². The molecule has 0 amide bonds. The Labute approximate surface area is 189 Å². The zero-order chi connectivity index (χ0) is 22.1. The van der Waals surface area contributed by atoms with E-state index in [1.165, 1.54) is 11.3 Å². The molecule has 0 bridgehead atoms. The van der Waals surface area contributed by atoms with E-state index in [2.05, 4.69) is 15.5 Å². The van der Waals surface area contributed by atoms with Crippen molar-refractivity contribution < 1.29 is 19.0 Å². The second-order valence-corrected chi connectivity index (χ2v) is 7.60. The Balaban J connectivity index is 1.60. The van der Waals surface area contributed by atoms with Crippen molar-refractivity contribution in [1.82, 2.24) is 4.98 Å². The van der Waals surface area contributed by atoms with Crippen LogP contribution in [0, 0.1) is 0 Å². The van der Waals surface area contributed by atoms with Crippen molar-refractivity contribution in [2.24, 2.45) is 5.10 Å². The van der Waals surface area contributed by atoms with E-state index in [9.17, 15) is 4.79 Å². The van der Waals surface area contributed by atoms with Gasteiger partial charge in [-0.15, -0.1) is 11.3 Å². The molecule has 0 aliphatic rings. The van der Waals surface area contributed by atoms with Gasteiger partial charge in [-0.1, -0.05) is 11.6 Å². The first-order valence-corrected chi connectivity index (χ1v) is 10.8. The third-order valence-electron chi connectivity index (χ3n) is 4.07. The molecule has 0 radical (unpaired) electrons. The van der Waals surface area contributed by atoms with Crippen LogP contribution in [0.5, 0.6) is 11.5 Å². The van der Waals surface area contributed by atoms with E-state index in [1.54, 1.807) is 37.8 Å². The monoisotopic (exact) mass is 459 g/mol. The fourth-order valence-electron chi connectivity index (χ4n) is 2.64. The summed E-state index contributed by atoms with van der Waals surface area (Å²) in [5.41, 5.74) is 5.27. The number of hydrogen-bond acceptors (Lipinski definition) is 8. The molecular weight excluding hydrogens is 438 g/mol. The number of hydrazone groups is 1. The van der Waals surface area contributed by atoms with E-state index in [4.69, 9.17) is 25.8 Å². The number of rotatable bonds is 10. The van der Waals surface area contributed by atoms with Crippen LogP contribution in [0.1, 0.15) is 23.7 Å². The standard InChI is InChI=1S/C22H22ClN3O4S/c1-3-29-21(27)11-18-14-31-22(25-18)26-24-12-15-4-9-20(28-2)16(10-15)13-30-19-7-5-17(23)6-8-19/h4-10,12,14H,3,11,13H2,1-2H3,(H,25,26). The molecule has 0 aliphatic carbocycles. The molecule has 0 spiro atoms. The van der Waals surface area contributed by atoms with Crippen LogP contribution in [-0.2, 0) is 22.6 Å². The van der Waals surface area contributed by atoms with Gasteiger partial charge in [-0.2, -0.15) is 5.10 Å². The number of nitrogens with one attached hydrogen (secondary N) is 1. The lowest BCUT2D eigenvalue weighted by molar-refractivity contribution is -0.142. The third-order valence-corrected chi connectivity index (χ3v) is 5.12. The van der Waals surface area contributed by atoms with Gasteiger partial charge in [0.25, 0.3) is 0 Å². The zero-order valence-corrected chi connectivity index (χ0v) is 18.7. The van der Waals surface area contributed by atoms with Gasteiger partial charge >= 0.3 is 5.97 Å². The SMILES string of the molecule is CCOC(=O)Cc1csc(NN=Cc2ccc(OC)c(COc3ccc(Cl)cc3)c2)n1. The lowest BCUT2D eigenvalue weighted by Crippen LogP contribution is -2.07. The van der Waals surface area contributed by atoms with E-state index in [1.807, 2.05) is 30.3 Å². The number of ether oxygens (including phenoxy) is 3. The van der Waals surface area contributed by atoms with E-state index in [0.29, 0.717) is 29.1 Å². The maximum atomic E-state index is 11.5. The highest BCUT2D eigenvalue weighted by atomic mass is 35.5. The molecule has 162 valence electrons. The molecule has 0 fully saturated rings. The molecule has 3 aromatic rings. The third kappa shape index (κ3) is 6.97. The maximum Gasteiger partial charge on any atom is 0.311 e. The summed E-state index contributed by atoms with van der Waals surface area (Å²) in [5.74, 6) is 1.15. The number of benzene rings is 2. The second kappa shape index (κ2) is 11.3. The highest BCUT2D eigenvalue weighted by Gasteiger charge is 2.08. The summed E-state index contributed by atoms with van der Waals surface area (Å²) in [6, 6.07) is 12.9. The first-order valence-electron chi connectivity index (χ1n) is 9.51. The number of esters is 1. The molecular formula is C22H22ClN3O4S. The lowest BCUT2D eigenvalue weighted by atomic mass is 10.1. The Morgan fingerprint density at radius 2 is 2.06 bits per heavy atom. The van der Waals surface area contributed by atoms with Crippen LogP contribution in [0.3, 0.4) is 0 Å². The largest absolute Gasteiger partial charge is 0.496 e. The van der Waals surface area contributed by atoms with Crippen LogP contribution in [0.15, 0.2) is 52.9 Å². The van der Waals surface area contributed by atoms with Crippen LogP contribution in [0.4, 0.5) is 5.13 Å². The van der Waals surface area contributed by atoms with Gasteiger partial charge < -0.3 is 14.2 Å². The molecule has 0 unspecified atom stereocenters. The van der Waals surface area contributed by atoms with Crippen molar-refractivity contribution in [3.05, 3.63) is 69.7 Å². The summed E-state index contributed by atoms with van der Waals surface area (Å²) in [6.45, 7) is 2.46. The van der Waals surface area contributed by atoms with Gasteiger partial charge in [-0.05, 0) is 55.0 Å². The number of methoxy groups -OCH3 is 1. The smallest absolute Gasteiger partial charge is 0.311 e. The van der Waals surface area contributed by atoms with E-state index in [-0.39, 0.29) is 12.4 Å². The minimum atomic E-state index is -0.297. The number of nitrogens with zero attached hydrogens (tertiary/aromatic N) is 2. The molecule has 0 aliphatic heterocycles. The number of hydrogen-bond donors (Lipinski definition) is 1. The number of carbonyl (C=O) groups excluding carboxylic acids is 1. The molecule has 31 heavy (non-hydrogen) atoms. The molecule has 7 nitrogen and oxygen atoms in total. The Bertz CT molecular complexity index is 1040. The summed E-state index contributed by atoms with van der Waals surface area (Å²) in [6.07, 6.45) is 1.82. The Hall–Kier alpha value is -3.10. The average molecular weight is 460 g/mol. The summed E-state index contributed by atoms with van der Waals surface area (Å²) in [4.78, 5) is 15.9. The molecule has 1 heterocycles. The highest BCUT2D eigenvalue weighted by molar-refractivity contribution is 7.13. The van der Waals surface area contributed by atoms with Crippen molar-refractivity contribution in [2.75, 3.05) is 19.1 Å². The molecule has 0 saturated carbocycles. The topological polar surface area (TPSA) is 82.0 Å². The molecule has 0 atom stereocenters. The van der Waals surface area contributed by atoms with Crippen molar-refractivity contribution in [3.8, 4) is 11.5 Å². The number of thiazole rings is 1. The molecule has 9 heteroatoms. The van der Waals surface area contributed by atoms with E-state index >= 15 is 0 Å². The summed E-state index contributed by atoms with van der Waals surface area (Å²) in [7, 11) is 1.62. The van der Waals surface area contributed by atoms with Crippen LogP contribution >= 0.6 is 22.9 Å². The maximum absolute atomic E-state index is 11.5.